The average molecular weight is 364 g/mol. The molecule has 6 nitrogen and oxygen atoms in total. The summed E-state index contributed by atoms with van der Waals surface area (Å²) >= 11 is 0. The van der Waals surface area contributed by atoms with Crippen LogP contribution in [0.25, 0.3) is 6.08 Å². The Hall–Kier alpha value is -3.41. The van der Waals surface area contributed by atoms with Crippen molar-refractivity contribution in [3.63, 3.8) is 0 Å². The Balaban J connectivity index is 2.03. The molecule has 2 N–H and O–H groups in total. The van der Waals surface area contributed by atoms with Crippen LogP contribution in [0.5, 0.6) is 5.75 Å². The molecule has 0 saturated carbocycles. The Morgan fingerprint density at radius 3 is 2.15 bits per heavy atom. The molecule has 0 aromatic heterocycles. The van der Waals surface area contributed by atoms with E-state index < -0.39 is 17.8 Å². The molecule has 27 heavy (non-hydrogen) atoms. The number of carbonyl (C=O) groups excluding carboxylic acids is 3. The van der Waals surface area contributed by atoms with Crippen molar-refractivity contribution in [2.75, 3.05) is 7.11 Å². The van der Waals surface area contributed by atoms with E-state index in [1.54, 1.807) is 19.2 Å². The summed E-state index contributed by atoms with van der Waals surface area (Å²) in [5.74, 6) is -0.738. The van der Waals surface area contributed by atoms with Gasteiger partial charge in [-0.2, -0.15) is 0 Å². The Morgan fingerprint density at radius 1 is 0.926 bits per heavy atom. The van der Waals surface area contributed by atoms with E-state index in [4.69, 9.17) is 4.74 Å². The zero-order valence-electron chi connectivity index (χ0n) is 15.4. The van der Waals surface area contributed by atoms with Crippen molar-refractivity contribution in [1.82, 2.24) is 10.6 Å². The molecule has 0 radical (unpaired) electrons. The molecule has 1 saturated heterocycles. The SMILES string of the molecule is COc1ccc(C=C2C(=O)NC(=O)NC2=O)c(Cc2cc(C)cc(C)c2)c1. The summed E-state index contributed by atoms with van der Waals surface area (Å²) in [5, 5.41) is 4.17. The van der Waals surface area contributed by atoms with Crippen LogP contribution in [0.2, 0.25) is 0 Å². The predicted molar refractivity (Wildman–Crippen MR) is 101 cm³/mol. The van der Waals surface area contributed by atoms with E-state index in [0.717, 1.165) is 22.3 Å². The predicted octanol–water partition coefficient (Wildman–Crippen LogP) is 2.65. The number of rotatable bonds is 4. The van der Waals surface area contributed by atoms with Crippen molar-refractivity contribution in [3.8, 4) is 5.75 Å². The van der Waals surface area contributed by atoms with Gasteiger partial charge in [0.2, 0.25) is 0 Å². The van der Waals surface area contributed by atoms with Gasteiger partial charge < -0.3 is 4.74 Å². The van der Waals surface area contributed by atoms with Gasteiger partial charge in [0.15, 0.2) is 0 Å². The lowest BCUT2D eigenvalue weighted by molar-refractivity contribution is -0.123. The second kappa shape index (κ2) is 7.45. The molecule has 0 atom stereocenters. The van der Waals surface area contributed by atoms with E-state index in [1.807, 2.05) is 19.9 Å². The molecule has 3 rings (SSSR count). The maximum absolute atomic E-state index is 12.0. The van der Waals surface area contributed by atoms with Gasteiger partial charge in [0.1, 0.15) is 11.3 Å². The topological polar surface area (TPSA) is 84.5 Å². The fourth-order valence-corrected chi connectivity index (χ4v) is 3.16. The van der Waals surface area contributed by atoms with Crippen LogP contribution >= 0.6 is 0 Å². The Bertz CT molecular complexity index is 934. The number of hydrogen-bond acceptors (Lipinski definition) is 4. The summed E-state index contributed by atoms with van der Waals surface area (Å²) in [6.07, 6.45) is 2.11. The molecule has 0 aliphatic carbocycles. The Labute approximate surface area is 157 Å². The van der Waals surface area contributed by atoms with E-state index in [1.165, 1.54) is 6.08 Å². The van der Waals surface area contributed by atoms with Gasteiger partial charge in [-0.3, -0.25) is 20.2 Å². The van der Waals surface area contributed by atoms with Crippen molar-refractivity contribution in [3.05, 3.63) is 69.8 Å². The monoisotopic (exact) mass is 364 g/mol. The molecular formula is C21H20N2O4. The first-order valence-electron chi connectivity index (χ1n) is 8.48. The number of ether oxygens (including phenoxy) is 1. The first-order chi connectivity index (χ1) is 12.9. The van der Waals surface area contributed by atoms with Crippen LogP contribution in [0.4, 0.5) is 4.79 Å². The number of methoxy groups -OCH3 is 1. The maximum atomic E-state index is 12.0. The van der Waals surface area contributed by atoms with Crippen molar-refractivity contribution < 1.29 is 19.1 Å². The van der Waals surface area contributed by atoms with Crippen LogP contribution in [0.3, 0.4) is 0 Å². The molecule has 1 heterocycles. The largest absolute Gasteiger partial charge is 0.497 e. The highest BCUT2D eigenvalue weighted by Crippen LogP contribution is 2.24. The third-order valence-corrected chi connectivity index (χ3v) is 4.27. The molecule has 2 aromatic rings. The number of amides is 4. The summed E-state index contributed by atoms with van der Waals surface area (Å²) in [7, 11) is 1.59. The zero-order chi connectivity index (χ0) is 19.6. The molecule has 138 valence electrons. The van der Waals surface area contributed by atoms with Crippen LogP contribution in [0.15, 0.2) is 42.0 Å². The molecule has 6 heteroatoms. The van der Waals surface area contributed by atoms with Crippen LogP contribution in [0.1, 0.15) is 27.8 Å². The highest BCUT2D eigenvalue weighted by atomic mass is 16.5. The van der Waals surface area contributed by atoms with Crippen LogP contribution in [-0.4, -0.2) is 25.0 Å². The summed E-state index contributed by atoms with van der Waals surface area (Å²) in [4.78, 5) is 35.3. The number of barbiturate groups is 1. The zero-order valence-corrected chi connectivity index (χ0v) is 15.4. The van der Waals surface area contributed by atoms with E-state index in [2.05, 4.69) is 28.8 Å². The fraction of sp³-hybridized carbons (Fsp3) is 0.190. The van der Waals surface area contributed by atoms with Crippen LogP contribution < -0.4 is 15.4 Å². The minimum Gasteiger partial charge on any atom is -0.497 e. The summed E-state index contributed by atoms with van der Waals surface area (Å²) in [6, 6.07) is 10.9. The van der Waals surface area contributed by atoms with E-state index in [0.29, 0.717) is 17.7 Å². The number of carbonyl (C=O) groups is 3. The number of imide groups is 2. The van der Waals surface area contributed by atoms with Crippen LogP contribution in [0, 0.1) is 13.8 Å². The third kappa shape index (κ3) is 4.23. The second-order valence-electron chi connectivity index (χ2n) is 6.53. The highest BCUT2D eigenvalue weighted by Gasteiger charge is 2.27. The van der Waals surface area contributed by atoms with Gasteiger partial charge >= 0.3 is 6.03 Å². The summed E-state index contributed by atoms with van der Waals surface area (Å²) in [6.45, 7) is 4.08. The van der Waals surface area contributed by atoms with Gasteiger partial charge in [-0.25, -0.2) is 4.79 Å². The minimum absolute atomic E-state index is 0.110. The highest BCUT2D eigenvalue weighted by molar-refractivity contribution is 6.31. The summed E-state index contributed by atoms with van der Waals surface area (Å²) in [5.41, 5.74) is 4.96. The number of nitrogens with one attached hydrogen (secondary N) is 2. The second-order valence-corrected chi connectivity index (χ2v) is 6.53. The molecule has 4 amide bonds. The number of hydrogen-bond donors (Lipinski definition) is 2. The Morgan fingerprint density at radius 2 is 1.56 bits per heavy atom. The Kier molecular flexibility index (Phi) is 5.07. The first-order valence-corrected chi connectivity index (χ1v) is 8.48. The first kappa shape index (κ1) is 18.4. The van der Waals surface area contributed by atoms with Crippen molar-refractivity contribution in [2.24, 2.45) is 0 Å². The van der Waals surface area contributed by atoms with Gasteiger partial charge in [0, 0.05) is 0 Å². The van der Waals surface area contributed by atoms with E-state index >= 15 is 0 Å². The third-order valence-electron chi connectivity index (χ3n) is 4.27. The smallest absolute Gasteiger partial charge is 0.328 e. The quantitative estimate of drug-likeness (QED) is 0.645. The normalized spacial score (nSPS) is 13.9. The van der Waals surface area contributed by atoms with Crippen molar-refractivity contribution in [1.29, 1.82) is 0 Å². The van der Waals surface area contributed by atoms with Gasteiger partial charge in [0.25, 0.3) is 11.8 Å². The lowest BCUT2D eigenvalue weighted by Gasteiger charge is -2.15. The molecule has 0 bridgehead atoms. The number of benzene rings is 2. The minimum atomic E-state index is -0.813. The van der Waals surface area contributed by atoms with Crippen LogP contribution in [-0.2, 0) is 16.0 Å². The molecule has 1 aliphatic heterocycles. The van der Waals surface area contributed by atoms with Crippen molar-refractivity contribution in [2.45, 2.75) is 20.3 Å². The van der Waals surface area contributed by atoms with E-state index in [-0.39, 0.29) is 5.57 Å². The molecule has 2 aromatic carbocycles. The molecule has 0 spiro atoms. The standard InChI is InChI=1S/C21H20N2O4/c1-12-6-13(2)8-14(7-12)9-16-10-17(27-3)5-4-15(16)11-18-19(24)22-21(26)23-20(18)25/h4-8,10-11H,9H2,1-3H3,(H2,22,23,24,25,26). The maximum Gasteiger partial charge on any atom is 0.328 e. The summed E-state index contributed by atoms with van der Waals surface area (Å²) < 4.78 is 5.32. The average Bonchev–Trinajstić information content (AvgIpc) is 2.58. The van der Waals surface area contributed by atoms with Gasteiger partial charge in [0.05, 0.1) is 7.11 Å². The van der Waals surface area contributed by atoms with Gasteiger partial charge in [-0.1, -0.05) is 35.4 Å². The molecule has 1 fully saturated rings. The lowest BCUT2D eigenvalue weighted by Crippen LogP contribution is -2.51. The number of urea groups is 1. The lowest BCUT2D eigenvalue weighted by atomic mass is 9.95. The molecular weight excluding hydrogens is 344 g/mol. The molecule has 0 unspecified atom stereocenters. The number of aryl methyl sites for hydroxylation is 2. The van der Waals surface area contributed by atoms with Gasteiger partial charge in [-0.15, -0.1) is 0 Å². The fourth-order valence-electron chi connectivity index (χ4n) is 3.16. The van der Waals surface area contributed by atoms with E-state index in [9.17, 15) is 14.4 Å². The molecule has 1 aliphatic rings. The van der Waals surface area contributed by atoms with Crippen molar-refractivity contribution >= 4 is 23.9 Å². The van der Waals surface area contributed by atoms with Gasteiger partial charge in [-0.05, 0) is 55.2 Å².